The summed E-state index contributed by atoms with van der Waals surface area (Å²) >= 11 is 1.65. The van der Waals surface area contributed by atoms with Gasteiger partial charge in [0.15, 0.2) is 0 Å². The monoisotopic (exact) mass is 423 g/mol. The highest BCUT2D eigenvalue weighted by Crippen LogP contribution is 2.45. The van der Waals surface area contributed by atoms with Gasteiger partial charge in [-0.25, -0.2) is 0 Å². The molecule has 2 fully saturated rings. The molecule has 0 radical (unpaired) electrons. The molecule has 2 saturated heterocycles. The van der Waals surface area contributed by atoms with Crippen molar-refractivity contribution in [2.45, 2.75) is 50.7 Å². The zero-order valence-electron chi connectivity index (χ0n) is 16.0. The highest BCUT2D eigenvalue weighted by Gasteiger charge is 2.42. The third kappa shape index (κ3) is 3.28. The van der Waals surface area contributed by atoms with Crippen molar-refractivity contribution in [3.05, 3.63) is 38.9 Å². The first-order chi connectivity index (χ1) is 13.2. The molecule has 0 saturated carbocycles. The number of nitrogens with one attached hydrogen (secondary N) is 1. The van der Waals surface area contributed by atoms with Gasteiger partial charge in [0.05, 0.1) is 17.5 Å². The van der Waals surface area contributed by atoms with Crippen LogP contribution in [-0.2, 0) is 16.8 Å². The minimum Gasteiger partial charge on any atom is -0.369 e. The number of thiophene rings is 1. The van der Waals surface area contributed by atoms with E-state index in [0.717, 1.165) is 74.7 Å². The molecule has 3 aliphatic heterocycles. The lowest BCUT2D eigenvalue weighted by molar-refractivity contribution is -0.0771. The van der Waals surface area contributed by atoms with Crippen LogP contribution in [0.15, 0.2) is 16.7 Å². The molecule has 1 unspecified atom stereocenters. The first kappa shape index (κ1) is 19.9. The molecule has 0 aliphatic carbocycles. The molecule has 8 heteroatoms. The Morgan fingerprint density at radius 2 is 2.18 bits per heavy atom. The van der Waals surface area contributed by atoms with Gasteiger partial charge in [-0.2, -0.15) is 0 Å². The van der Waals surface area contributed by atoms with E-state index in [1.807, 2.05) is 17.9 Å². The Morgan fingerprint density at radius 1 is 1.36 bits per heavy atom. The average molecular weight is 424 g/mol. The number of likely N-dealkylation sites (tertiary alicyclic amines) is 1. The largest absolute Gasteiger partial charge is 0.369 e. The molecule has 1 amide bonds. The van der Waals surface area contributed by atoms with E-state index in [2.05, 4.69) is 16.5 Å². The van der Waals surface area contributed by atoms with E-state index in [1.165, 1.54) is 10.4 Å². The van der Waals surface area contributed by atoms with Gasteiger partial charge >= 0.3 is 0 Å². The molecule has 3 aliphatic rings. The van der Waals surface area contributed by atoms with Crippen molar-refractivity contribution in [3.8, 4) is 0 Å². The quantitative estimate of drug-likeness (QED) is 0.799. The van der Waals surface area contributed by atoms with E-state index in [0.29, 0.717) is 0 Å². The summed E-state index contributed by atoms with van der Waals surface area (Å²) < 4.78 is 11.5. The smallest absolute Gasteiger partial charge is 0.264 e. The van der Waals surface area contributed by atoms with Crippen molar-refractivity contribution in [2.24, 2.45) is 0 Å². The Kier molecular flexibility index (Phi) is 5.53. The van der Waals surface area contributed by atoms with Crippen LogP contribution >= 0.6 is 23.7 Å². The Bertz CT molecular complexity index is 859. The maximum absolute atomic E-state index is 13.4. The highest BCUT2D eigenvalue weighted by atomic mass is 35.5. The molecule has 5 heterocycles. The molecule has 0 bridgehead atoms. The fraction of sp³-hybridized carbons (Fsp3) is 0.600. The molecule has 5 rings (SSSR count). The number of fused-ring (bicyclic) bond motifs is 2. The normalized spacial score (nSPS) is 23.5. The van der Waals surface area contributed by atoms with Crippen LogP contribution in [0.3, 0.4) is 0 Å². The summed E-state index contributed by atoms with van der Waals surface area (Å²) in [5.74, 6) is 0.919. The number of aryl methyl sites for hydroxylation is 1. The maximum Gasteiger partial charge on any atom is 0.264 e. The van der Waals surface area contributed by atoms with Crippen molar-refractivity contribution in [1.82, 2.24) is 15.4 Å². The van der Waals surface area contributed by atoms with Gasteiger partial charge < -0.3 is 19.5 Å². The fourth-order valence-corrected chi connectivity index (χ4v) is 6.10. The summed E-state index contributed by atoms with van der Waals surface area (Å²) in [5, 5.41) is 7.59. The maximum atomic E-state index is 13.4. The third-order valence-corrected chi connectivity index (χ3v) is 7.45. The SMILES string of the molecule is Cc1cc(C2CCCN2C(=O)c2cc3c(s2)C2(CCNCC2)OCC3)no1.Cl. The molecular formula is C20H26ClN3O3S. The number of ether oxygens (including phenoxy) is 1. The van der Waals surface area contributed by atoms with E-state index in [-0.39, 0.29) is 30.0 Å². The standard InChI is InChI=1S/C20H25N3O3S.ClH/c1-13-11-15(22-26-13)16-3-2-9-23(16)19(24)17-12-14-4-10-25-20(18(14)27-17)5-7-21-8-6-20;/h11-12,16,21H,2-10H2,1H3;1H. The second kappa shape index (κ2) is 7.78. The molecule has 1 N–H and O–H groups in total. The van der Waals surface area contributed by atoms with Gasteiger partial charge in [0.1, 0.15) is 17.1 Å². The van der Waals surface area contributed by atoms with E-state index >= 15 is 0 Å². The molecule has 1 spiro atoms. The molecule has 152 valence electrons. The Morgan fingerprint density at radius 3 is 2.93 bits per heavy atom. The lowest BCUT2D eigenvalue weighted by Crippen LogP contribution is -2.43. The summed E-state index contributed by atoms with van der Waals surface area (Å²) in [5.41, 5.74) is 2.00. The number of amides is 1. The predicted molar refractivity (Wildman–Crippen MR) is 109 cm³/mol. The van der Waals surface area contributed by atoms with E-state index < -0.39 is 0 Å². The summed E-state index contributed by atoms with van der Waals surface area (Å²) in [4.78, 5) is 17.5. The van der Waals surface area contributed by atoms with Gasteiger partial charge in [-0.05, 0) is 63.7 Å². The second-order valence-electron chi connectivity index (χ2n) is 7.83. The van der Waals surface area contributed by atoms with Gasteiger partial charge in [-0.3, -0.25) is 4.79 Å². The van der Waals surface area contributed by atoms with Gasteiger partial charge in [-0.15, -0.1) is 23.7 Å². The number of carbonyl (C=O) groups excluding carboxylic acids is 1. The van der Waals surface area contributed by atoms with Crippen molar-refractivity contribution in [2.75, 3.05) is 26.2 Å². The summed E-state index contributed by atoms with van der Waals surface area (Å²) in [6, 6.07) is 4.10. The van der Waals surface area contributed by atoms with E-state index in [1.54, 1.807) is 11.3 Å². The van der Waals surface area contributed by atoms with Gasteiger partial charge in [0, 0.05) is 17.5 Å². The summed E-state index contributed by atoms with van der Waals surface area (Å²) in [6.07, 6.45) is 4.82. The van der Waals surface area contributed by atoms with Gasteiger partial charge in [0.25, 0.3) is 5.91 Å². The van der Waals surface area contributed by atoms with Crippen LogP contribution in [0, 0.1) is 6.92 Å². The highest BCUT2D eigenvalue weighted by molar-refractivity contribution is 7.14. The third-order valence-electron chi connectivity index (χ3n) is 6.10. The van der Waals surface area contributed by atoms with Crippen LogP contribution in [0.25, 0.3) is 0 Å². The second-order valence-corrected chi connectivity index (χ2v) is 8.88. The molecule has 2 aromatic heterocycles. The van der Waals surface area contributed by atoms with Crippen LogP contribution in [0.5, 0.6) is 0 Å². The number of rotatable bonds is 2. The van der Waals surface area contributed by atoms with Gasteiger partial charge in [0.2, 0.25) is 0 Å². The van der Waals surface area contributed by atoms with Crippen molar-refractivity contribution in [3.63, 3.8) is 0 Å². The predicted octanol–water partition coefficient (Wildman–Crippen LogP) is 3.60. The first-order valence-electron chi connectivity index (χ1n) is 9.88. The van der Waals surface area contributed by atoms with Crippen LogP contribution in [0.4, 0.5) is 0 Å². The van der Waals surface area contributed by atoms with E-state index in [9.17, 15) is 4.79 Å². The average Bonchev–Trinajstić information content (AvgIpc) is 3.41. The lowest BCUT2D eigenvalue weighted by atomic mass is 9.86. The molecule has 28 heavy (non-hydrogen) atoms. The zero-order valence-corrected chi connectivity index (χ0v) is 17.7. The van der Waals surface area contributed by atoms with Crippen LogP contribution in [-0.4, -0.2) is 42.2 Å². The van der Waals surface area contributed by atoms with Crippen molar-refractivity contribution in [1.29, 1.82) is 0 Å². The number of hydrogen-bond donors (Lipinski definition) is 1. The van der Waals surface area contributed by atoms with Crippen LogP contribution in [0.2, 0.25) is 0 Å². The number of halogens is 1. The number of carbonyl (C=O) groups is 1. The number of piperidine rings is 1. The molecule has 6 nitrogen and oxygen atoms in total. The fourth-order valence-electron chi connectivity index (χ4n) is 4.73. The van der Waals surface area contributed by atoms with Crippen LogP contribution < -0.4 is 5.32 Å². The molecule has 1 atom stereocenters. The topological polar surface area (TPSA) is 67.6 Å². The number of nitrogens with zero attached hydrogens (tertiary/aromatic N) is 2. The Balaban J connectivity index is 0.00000192. The van der Waals surface area contributed by atoms with Crippen molar-refractivity contribution >= 4 is 29.7 Å². The van der Waals surface area contributed by atoms with Crippen LogP contribution in [0.1, 0.15) is 63.3 Å². The molecular weight excluding hydrogens is 398 g/mol. The lowest BCUT2D eigenvalue weighted by Gasteiger charge is -2.40. The Labute approximate surface area is 175 Å². The molecule has 0 aromatic carbocycles. The number of aromatic nitrogens is 1. The number of hydrogen-bond acceptors (Lipinski definition) is 6. The minimum atomic E-state index is -0.185. The minimum absolute atomic E-state index is 0. The Hall–Kier alpha value is -1.41. The van der Waals surface area contributed by atoms with Gasteiger partial charge in [-0.1, -0.05) is 5.16 Å². The summed E-state index contributed by atoms with van der Waals surface area (Å²) in [6.45, 7) is 5.37. The zero-order chi connectivity index (χ0) is 18.4. The molecule has 2 aromatic rings. The summed E-state index contributed by atoms with van der Waals surface area (Å²) in [7, 11) is 0. The van der Waals surface area contributed by atoms with E-state index in [4.69, 9.17) is 9.26 Å². The first-order valence-corrected chi connectivity index (χ1v) is 10.7. The van der Waals surface area contributed by atoms with Crippen molar-refractivity contribution < 1.29 is 14.1 Å².